The predicted molar refractivity (Wildman–Crippen MR) is 73.2 cm³/mol. The fourth-order valence-corrected chi connectivity index (χ4v) is 2.49. The molecule has 0 aliphatic heterocycles. The molecule has 114 valence electrons. The molecule has 7 nitrogen and oxygen atoms in total. The minimum absolute atomic E-state index is 0.00951. The Bertz CT molecular complexity index is 585. The molecule has 0 bridgehead atoms. The third kappa shape index (κ3) is 3.27. The van der Waals surface area contributed by atoms with E-state index in [1.165, 1.54) is 0 Å². The van der Waals surface area contributed by atoms with Crippen molar-refractivity contribution in [3.63, 3.8) is 0 Å². The number of hydrogen-bond acceptors (Lipinski definition) is 5. The molecule has 0 saturated heterocycles. The molecule has 4 N–H and O–H groups in total. The third-order valence-electron chi connectivity index (χ3n) is 3.68. The molecule has 0 atom stereocenters. The maximum atomic E-state index is 13.4. The molecule has 0 aromatic heterocycles. The number of nitrogen functional groups attached to an aromatic ring is 1. The van der Waals surface area contributed by atoms with Gasteiger partial charge < -0.3 is 16.2 Å². The number of aliphatic hydroxyl groups is 1. The van der Waals surface area contributed by atoms with E-state index in [9.17, 15) is 24.4 Å². The van der Waals surface area contributed by atoms with Gasteiger partial charge >= 0.3 is 0 Å². The lowest BCUT2D eigenvalue weighted by Crippen LogP contribution is -2.41. The van der Waals surface area contributed by atoms with Crippen LogP contribution in [0.2, 0.25) is 0 Å². The molecule has 21 heavy (non-hydrogen) atoms. The predicted octanol–water partition coefficient (Wildman–Crippen LogP) is 1.35. The molecule has 8 heteroatoms. The van der Waals surface area contributed by atoms with Crippen molar-refractivity contribution in [2.75, 3.05) is 12.3 Å². The Hall–Kier alpha value is -2.22. The van der Waals surface area contributed by atoms with Gasteiger partial charge in [0.25, 0.3) is 11.6 Å². The van der Waals surface area contributed by atoms with Gasteiger partial charge in [-0.15, -0.1) is 0 Å². The Kier molecular flexibility index (Phi) is 4.08. The number of halogens is 1. The molecule has 1 aliphatic rings. The quantitative estimate of drug-likeness (QED) is 0.440. The maximum absolute atomic E-state index is 13.4. The van der Waals surface area contributed by atoms with Crippen LogP contribution >= 0.6 is 0 Å². The van der Waals surface area contributed by atoms with Crippen LogP contribution < -0.4 is 11.1 Å². The Morgan fingerprint density at radius 3 is 2.67 bits per heavy atom. The number of nitrogens with one attached hydrogen (secondary N) is 1. The van der Waals surface area contributed by atoms with Crippen molar-refractivity contribution in [3.8, 4) is 0 Å². The lowest BCUT2D eigenvalue weighted by atomic mass is 10.0. The van der Waals surface area contributed by atoms with Crippen molar-refractivity contribution in [1.82, 2.24) is 5.32 Å². The molecule has 1 aliphatic carbocycles. The van der Waals surface area contributed by atoms with E-state index in [0.29, 0.717) is 18.9 Å². The standard InChI is InChI=1S/C13H16FN3O4/c14-8-5-9(11(15)10(6-8)17(20)21)12(18)16-7-13(19)3-1-2-4-13/h5-6,19H,1-4,7,15H2,(H,16,18). The molecule has 1 saturated carbocycles. The van der Waals surface area contributed by atoms with Crippen LogP contribution in [0, 0.1) is 15.9 Å². The zero-order valence-electron chi connectivity index (χ0n) is 11.3. The number of rotatable bonds is 4. The first-order valence-electron chi connectivity index (χ1n) is 6.56. The van der Waals surface area contributed by atoms with E-state index in [1.54, 1.807) is 0 Å². The number of benzene rings is 1. The molecule has 1 aromatic carbocycles. The third-order valence-corrected chi connectivity index (χ3v) is 3.68. The number of nitrogens with zero attached hydrogens (tertiary/aromatic N) is 1. The van der Waals surface area contributed by atoms with Gasteiger partial charge in [-0.05, 0) is 18.9 Å². The van der Waals surface area contributed by atoms with Crippen molar-refractivity contribution in [3.05, 3.63) is 33.6 Å². The molecule has 0 unspecified atom stereocenters. The summed E-state index contributed by atoms with van der Waals surface area (Å²) < 4.78 is 13.4. The molecule has 1 fully saturated rings. The molecule has 2 rings (SSSR count). The maximum Gasteiger partial charge on any atom is 0.295 e. The Balaban J connectivity index is 2.17. The number of nitro benzene ring substituents is 1. The summed E-state index contributed by atoms with van der Waals surface area (Å²) in [5.74, 6) is -1.66. The first-order chi connectivity index (χ1) is 9.82. The van der Waals surface area contributed by atoms with E-state index in [1.807, 2.05) is 0 Å². The van der Waals surface area contributed by atoms with Crippen LogP contribution in [-0.4, -0.2) is 28.1 Å². The zero-order valence-corrected chi connectivity index (χ0v) is 11.3. The molecule has 0 heterocycles. The molecular formula is C13H16FN3O4. The topological polar surface area (TPSA) is 118 Å². The van der Waals surface area contributed by atoms with Crippen LogP contribution in [0.25, 0.3) is 0 Å². The van der Waals surface area contributed by atoms with Gasteiger partial charge in [0.15, 0.2) is 0 Å². The number of nitrogens with two attached hydrogens (primary N) is 1. The highest BCUT2D eigenvalue weighted by atomic mass is 19.1. The average molecular weight is 297 g/mol. The minimum Gasteiger partial charge on any atom is -0.393 e. The fraction of sp³-hybridized carbons (Fsp3) is 0.462. The lowest BCUT2D eigenvalue weighted by Gasteiger charge is -2.22. The molecule has 0 radical (unpaired) electrons. The zero-order chi connectivity index (χ0) is 15.6. The second kappa shape index (κ2) is 5.65. The van der Waals surface area contributed by atoms with Crippen LogP contribution in [0.5, 0.6) is 0 Å². The number of carbonyl (C=O) groups is 1. The van der Waals surface area contributed by atoms with E-state index < -0.39 is 33.6 Å². The number of carbonyl (C=O) groups excluding carboxylic acids is 1. The van der Waals surface area contributed by atoms with Gasteiger partial charge in [0.2, 0.25) is 0 Å². The highest BCUT2D eigenvalue weighted by Gasteiger charge is 2.32. The van der Waals surface area contributed by atoms with Crippen LogP contribution in [0.1, 0.15) is 36.0 Å². The van der Waals surface area contributed by atoms with Crippen molar-refractivity contribution in [1.29, 1.82) is 0 Å². The van der Waals surface area contributed by atoms with Crippen LogP contribution in [0.4, 0.5) is 15.8 Å². The second-order valence-electron chi connectivity index (χ2n) is 5.26. The van der Waals surface area contributed by atoms with E-state index in [-0.39, 0.29) is 12.1 Å². The largest absolute Gasteiger partial charge is 0.393 e. The first kappa shape index (κ1) is 15.2. The summed E-state index contributed by atoms with van der Waals surface area (Å²) in [7, 11) is 0. The van der Waals surface area contributed by atoms with E-state index >= 15 is 0 Å². The monoisotopic (exact) mass is 297 g/mol. The average Bonchev–Trinajstić information content (AvgIpc) is 2.85. The van der Waals surface area contributed by atoms with Crippen LogP contribution in [0.15, 0.2) is 12.1 Å². The van der Waals surface area contributed by atoms with E-state index in [2.05, 4.69) is 5.32 Å². The van der Waals surface area contributed by atoms with Crippen molar-refractivity contribution >= 4 is 17.3 Å². The summed E-state index contributed by atoms with van der Waals surface area (Å²) in [5.41, 5.74) is 3.22. The van der Waals surface area contributed by atoms with Crippen molar-refractivity contribution < 1.29 is 19.2 Å². The SMILES string of the molecule is Nc1c(C(=O)NCC2(O)CCCC2)cc(F)cc1[N+](=O)[O-]. The summed E-state index contributed by atoms with van der Waals surface area (Å²) in [6, 6.07) is 1.51. The molecule has 1 amide bonds. The number of anilines is 1. The minimum atomic E-state index is -0.969. The smallest absolute Gasteiger partial charge is 0.295 e. The van der Waals surface area contributed by atoms with Gasteiger partial charge in [0.1, 0.15) is 11.5 Å². The highest BCUT2D eigenvalue weighted by Crippen LogP contribution is 2.29. The fourth-order valence-electron chi connectivity index (χ4n) is 2.49. The van der Waals surface area contributed by atoms with Gasteiger partial charge in [-0.25, -0.2) is 4.39 Å². The first-order valence-corrected chi connectivity index (χ1v) is 6.56. The number of nitro groups is 1. The molecule has 1 aromatic rings. The van der Waals surface area contributed by atoms with Gasteiger partial charge in [-0.1, -0.05) is 12.8 Å². The lowest BCUT2D eigenvalue weighted by molar-refractivity contribution is -0.384. The Morgan fingerprint density at radius 1 is 1.48 bits per heavy atom. The van der Waals surface area contributed by atoms with Crippen molar-refractivity contribution in [2.45, 2.75) is 31.3 Å². The summed E-state index contributed by atoms with van der Waals surface area (Å²) in [4.78, 5) is 21.9. The second-order valence-corrected chi connectivity index (χ2v) is 5.26. The van der Waals surface area contributed by atoms with Gasteiger partial charge in [0, 0.05) is 6.54 Å². The normalized spacial score (nSPS) is 16.7. The highest BCUT2D eigenvalue weighted by molar-refractivity contribution is 6.01. The van der Waals surface area contributed by atoms with Gasteiger partial charge in [0.05, 0.1) is 22.2 Å². The van der Waals surface area contributed by atoms with Crippen LogP contribution in [-0.2, 0) is 0 Å². The summed E-state index contributed by atoms with van der Waals surface area (Å²) in [6.45, 7) is 0.00951. The Morgan fingerprint density at radius 2 is 2.10 bits per heavy atom. The number of amides is 1. The summed E-state index contributed by atoms with van der Waals surface area (Å²) in [5, 5.41) is 23.3. The summed E-state index contributed by atoms with van der Waals surface area (Å²) in [6.07, 6.45) is 2.90. The van der Waals surface area contributed by atoms with Gasteiger partial charge in [-0.2, -0.15) is 0 Å². The number of hydrogen-bond donors (Lipinski definition) is 3. The van der Waals surface area contributed by atoms with Crippen LogP contribution in [0.3, 0.4) is 0 Å². The summed E-state index contributed by atoms with van der Waals surface area (Å²) >= 11 is 0. The Labute approximate surface area is 120 Å². The molecule has 0 spiro atoms. The van der Waals surface area contributed by atoms with Crippen molar-refractivity contribution in [2.24, 2.45) is 0 Å². The van der Waals surface area contributed by atoms with E-state index in [4.69, 9.17) is 5.73 Å². The van der Waals surface area contributed by atoms with E-state index in [0.717, 1.165) is 18.9 Å². The van der Waals surface area contributed by atoms with Gasteiger partial charge in [-0.3, -0.25) is 14.9 Å². The molecular weight excluding hydrogens is 281 g/mol.